The zero-order valence-corrected chi connectivity index (χ0v) is 18.9. The molecule has 0 saturated carbocycles. The number of aromatic nitrogens is 3. The number of aryl methyl sites for hydroxylation is 2. The van der Waals surface area contributed by atoms with Crippen LogP contribution in [0.1, 0.15) is 40.0 Å². The molecule has 0 saturated heterocycles. The van der Waals surface area contributed by atoms with Gasteiger partial charge in [-0.1, -0.05) is 47.9 Å². The lowest BCUT2D eigenvalue weighted by Crippen LogP contribution is -2.43. The molecule has 2 aromatic heterocycles. The highest BCUT2D eigenvalue weighted by Gasteiger charge is 2.26. The van der Waals surface area contributed by atoms with Crippen LogP contribution >= 0.6 is 11.6 Å². The van der Waals surface area contributed by atoms with Crippen LogP contribution in [0.5, 0.6) is 0 Å². The van der Waals surface area contributed by atoms with Crippen LogP contribution in [-0.4, -0.2) is 26.8 Å². The number of amides is 2. The SMILES string of the molecule is CCCn1nc(C(=O)NNC(=O)c2c(-c3c(F)cccc3Cl)noc2C)c2ccccc2c1=O. The predicted molar refractivity (Wildman–Crippen MR) is 123 cm³/mol. The molecule has 0 aliphatic rings. The van der Waals surface area contributed by atoms with Gasteiger partial charge < -0.3 is 4.52 Å². The number of nitrogens with zero attached hydrogens (tertiary/aromatic N) is 3. The molecule has 2 heterocycles. The van der Waals surface area contributed by atoms with Crippen molar-refractivity contribution in [1.82, 2.24) is 25.8 Å². The van der Waals surface area contributed by atoms with E-state index in [1.165, 1.54) is 29.8 Å². The molecular formula is C23H19ClFN5O4. The van der Waals surface area contributed by atoms with E-state index < -0.39 is 17.6 Å². The summed E-state index contributed by atoms with van der Waals surface area (Å²) in [5, 5.41) is 8.66. The second kappa shape index (κ2) is 9.44. The normalized spacial score (nSPS) is 10.9. The van der Waals surface area contributed by atoms with Crippen LogP contribution in [0.15, 0.2) is 51.8 Å². The zero-order valence-electron chi connectivity index (χ0n) is 18.2. The lowest BCUT2D eigenvalue weighted by atomic mass is 10.1. The number of rotatable bonds is 5. The second-order valence-electron chi connectivity index (χ2n) is 7.39. The Balaban J connectivity index is 1.64. The minimum atomic E-state index is -0.799. The summed E-state index contributed by atoms with van der Waals surface area (Å²) in [6, 6.07) is 10.6. The van der Waals surface area contributed by atoms with Crippen LogP contribution in [0.2, 0.25) is 5.02 Å². The topological polar surface area (TPSA) is 119 Å². The molecule has 0 fully saturated rings. The number of benzene rings is 2. The maximum absolute atomic E-state index is 14.4. The number of nitrogens with one attached hydrogen (secondary N) is 2. The summed E-state index contributed by atoms with van der Waals surface area (Å²) in [6.07, 6.45) is 0.636. The number of fused-ring (bicyclic) bond motifs is 1. The molecule has 34 heavy (non-hydrogen) atoms. The minimum absolute atomic E-state index is 0.0386. The van der Waals surface area contributed by atoms with Crippen molar-refractivity contribution in [2.45, 2.75) is 26.8 Å². The Hall–Kier alpha value is -4.05. The Kier molecular flexibility index (Phi) is 6.42. The molecule has 0 aliphatic carbocycles. The molecule has 2 aromatic carbocycles. The van der Waals surface area contributed by atoms with Gasteiger partial charge in [-0.15, -0.1) is 0 Å². The van der Waals surface area contributed by atoms with E-state index in [1.807, 2.05) is 6.92 Å². The molecule has 11 heteroatoms. The van der Waals surface area contributed by atoms with Crippen molar-refractivity contribution >= 4 is 34.2 Å². The van der Waals surface area contributed by atoms with Crippen LogP contribution in [0.3, 0.4) is 0 Å². The van der Waals surface area contributed by atoms with Crippen molar-refractivity contribution in [1.29, 1.82) is 0 Å². The molecule has 0 radical (unpaired) electrons. The van der Waals surface area contributed by atoms with E-state index in [4.69, 9.17) is 16.1 Å². The Labute approximate surface area is 197 Å². The van der Waals surface area contributed by atoms with E-state index >= 15 is 0 Å². The summed E-state index contributed by atoms with van der Waals surface area (Å²) in [6.45, 7) is 3.67. The first-order valence-electron chi connectivity index (χ1n) is 10.3. The quantitative estimate of drug-likeness (QED) is 0.418. The van der Waals surface area contributed by atoms with Gasteiger partial charge in [0.05, 0.1) is 16.0 Å². The Morgan fingerprint density at radius 2 is 1.79 bits per heavy atom. The molecule has 0 aliphatic heterocycles. The van der Waals surface area contributed by atoms with Gasteiger partial charge in [-0.25, -0.2) is 9.07 Å². The highest BCUT2D eigenvalue weighted by atomic mass is 35.5. The summed E-state index contributed by atoms with van der Waals surface area (Å²) in [4.78, 5) is 38.4. The van der Waals surface area contributed by atoms with E-state index in [2.05, 4.69) is 21.1 Å². The maximum atomic E-state index is 14.4. The van der Waals surface area contributed by atoms with E-state index in [0.717, 1.165) is 0 Å². The van der Waals surface area contributed by atoms with Crippen LogP contribution < -0.4 is 16.4 Å². The Morgan fingerprint density at radius 1 is 1.09 bits per heavy atom. The molecule has 0 spiro atoms. The van der Waals surface area contributed by atoms with Gasteiger partial charge in [0.2, 0.25) is 0 Å². The molecule has 0 unspecified atom stereocenters. The number of carbonyl (C=O) groups excluding carboxylic acids is 2. The number of hydrogen-bond acceptors (Lipinski definition) is 6. The van der Waals surface area contributed by atoms with Crippen molar-refractivity contribution in [2.24, 2.45) is 0 Å². The first kappa shape index (κ1) is 23.1. The highest BCUT2D eigenvalue weighted by Crippen LogP contribution is 2.33. The van der Waals surface area contributed by atoms with Crippen LogP contribution in [0.25, 0.3) is 22.0 Å². The lowest BCUT2D eigenvalue weighted by Gasteiger charge is -2.12. The lowest BCUT2D eigenvalue weighted by molar-refractivity contribution is 0.0843. The standard InChI is InChI=1S/C23H19ClFN5O4/c1-3-11-30-23(33)14-8-5-4-7-13(14)19(28-30)22(32)27-26-21(31)17-12(2)34-29-20(17)18-15(24)9-6-10-16(18)25/h4-10H,3,11H2,1-2H3,(H,26,31)(H,27,32). The number of halogens is 2. The Morgan fingerprint density at radius 3 is 2.50 bits per heavy atom. The smallest absolute Gasteiger partial charge is 0.290 e. The molecule has 4 aromatic rings. The van der Waals surface area contributed by atoms with Gasteiger partial charge >= 0.3 is 0 Å². The van der Waals surface area contributed by atoms with Crippen molar-refractivity contribution in [3.63, 3.8) is 0 Å². The molecule has 2 amide bonds. The summed E-state index contributed by atoms with van der Waals surface area (Å²) in [5.74, 6) is -2.13. The van der Waals surface area contributed by atoms with E-state index in [0.29, 0.717) is 23.7 Å². The Bertz CT molecular complexity index is 1460. The van der Waals surface area contributed by atoms with Crippen LogP contribution in [0.4, 0.5) is 4.39 Å². The highest BCUT2D eigenvalue weighted by molar-refractivity contribution is 6.33. The average molecular weight is 484 g/mol. The van der Waals surface area contributed by atoms with Gasteiger partial charge in [0, 0.05) is 11.9 Å². The molecule has 0 atom stereocenters. The fraction of sp³-hybridized carbons (Fsp3) is 0.174. The van der Waals surface area contributed by atoms with Gasteiger partial charge in [-0.3, -0.25) is 25.2 Å². The summed E-state index contributed by atoms with van der Waals surface area (Å²) < 4.78 is 20.7. The van der Waals surface area contributed by atoms with Gasteiger partial charge in [0.1, 0.15) is 22.8 Å². The molecule has 2 N–H and O–H groups in total. The molecular weight excluding hydrogens is 465 g/mol. The van der Waals surface area contributed by atoms with Crippen molar-refractivity contribution in [3.8, 4) is 11.3 Å². The molecule has 174 valence electrons. The van der Waals surface area contributed by atoms with Gasteiger partial charge in [0.25, 0.3) is 17.4 Å². The third-order valence-electron chi connectivity index (χ3n) is 5.10. The number of carbonyl (C=O) groups is 2. The van der Waals surface area contributed by atoms with Crippen LogP contribution in [0, 0.1) is 12.7 Å². The van der Waals surface area contributed by atoms with Gasteiger partial charge in [-0.05, 0) is 31.5 Å². The van der Waals surface area contributed by atoms with Crippen molar-refractivity contribution in [3.05, 3.63) is 80.7 Å². The van der Waals surface area contributed by atoms with Gasteiger partial charge in [0.15, 0.2) is 5.69 Å². The van der Waals surface area contributed by atoms with Gasteiger partial charge in [-0.2, -0.15) is 5.10 Å². The maximum Gasteiger partial charge on any atom is 0.290 e. The average Bonchev–Trinajstić information content (AvgIpc) is 3.20. The van der Waals surface area contributed by atoms with Crippen LogP contribution in [-0.2, 0) is 6.54 Å². The first-order chi connectivity index (χ1) is 16.3. The fourth-order valence-electron chi connectivity index (χ4n) is 3.54. The summed E-state index contributed by atoms with van der Waals surface area (Å²) in [7, 11) is 0. The summed E-state index contributed by atoms with van der Waals surface area (Å²) in [5.41, 5.74) is 3.91. The number of hydrogen-bond donors (Lipinski definition) is 2. The molecule has 0 bridgehead atoms. The summed E-state index contributed by atoms with van der Waals surface area (Å²) >= 11 is 6.11. The largest absolute Gasteiger partial charge is 0.360 e. The third kappa shape index (κ3) is 4.15. The van der Waals surface area contributed by atoms with E-state index in [-0.39, 0.29) is 38.9 Å². The third-order valence-corrected chi connectivity index (χ3v) is 5.41. The molecule has 4 rings (SSSR count). The first-order valence-corrected chi connectivity index (χ1v) is 10.7. The molecule has 9 nitrogen and oxygen atoms in total. The minimum Gasteiger partial charge on any atom is -0.360 e. The fourth-order valence-corrected chi connectivity index (χ4v) is 3.79. The van der Waals surface area contributed by atoms with E-state index in [9.17, 15) is 18.8 Å². The van der Waals surface area contributed by atoms with E-state index in [1.54, 1.807) is 24.3 Å². The van der Waals surface area contributed by atoms with Crippen molar-refractivity contribution in [2.75, 3.05) is 0 Å². The second-order valence-corrected chi connectivity index (χ2v) is 7.80. The van der Waals surface area contributed by atoms with Crippen molar-refractivity contribution < 1.29 is 18.5 Å². The monoisotopic (exact) mass is 483 g/mol. The number of hydrazine groups is 1. The zero-order chi connectivity index (χ0) is 24.4. The predicted octanol–water partition coefficient (Wildman–Crippen LogP) is 3.64.